The molecule has 0 bridgehead atoms. The molecule has 3 rings (SSSR count). The van der Waals surface area contributed by atoms with E-state index in [9.17, 15) is 9.59 Å². The van der Waals surface area contributed by atoms with E-state index in [-0.39, 0.29) is 11.8 Å². The van der Waals surface area contributed by atoms with Crippen LogP contribution in [-0.4, -0.2) is 18.4 Å². The van der Waals surface area contributed by atoms with Crippen LogP contribution in [0.25, 0.3) is 0 Å². The first-order valence-corrected chi connectivity index (χ1v) is 7.97. The predicted molar refractivity (Wildman–Crippen MR) is 92.4 cm³/mol. The molecule has 6 heteroatoms. The second kappa shape index (κ2) is 6.60. The lowest BCUT2D eigenvalue weighted by molar-refractivity contribution is -0.117. The third-order valence-corrected chi connectivity index (χ3v) is 4.32. The first kappa shape index (κ1) is 15.8. The summed E-state index contributed by atoms with van der Waals surface area (Å²) in [6.07, 6.45) is 1.38. The van der Waals surface area contributed by atoms with Gasteiger partial charge < -0.3 is 10.2 Å². The average molecular weight is 349 g/mol. The molecule has 1 fully saturated rings. The van der Waals surface area contributed by atoms with Gasteiger partial charge in [0.15, 0.2) is 0 Å². The van der Waals surface area contributed by atoms with Crippen molar-refractivity contribution in [2.45, 2.75) is 12.8 Å². The van der Waals surface area contributed by atoms with Crippen LogP contribution in [0, 0.1) is 0 Å². The smallest absolute Gasteiger partial charge is 0.257 e. The van der Waals surface area contributed by atoms with E-state index >= 15 is 0 Å². The Bertz CT molecular complexity index is 777. The SMILES string of the molecule is O=C(Nc1ccc(N2CCCC2=O)c(Cl)c1)c1ccccc1Cl. The van der Waals surface area contributed by atoms with E-state index in [1.165, 1.54) is 0 Å². The summed E-state index contributed by atoms with van der Waals surface area (Å²) in [6, 6.07) is 11.9. The van der Waals surface area contributed by atoms with Crippen LogP contribution in [-0.2, 0) is 4.79 Å². The number of carbonyl (C=O) groups excluding carboxylic acids is 2. The molecular formula is C17H14Cl2N2O2. The summed E-state index contributed by atoms with van der Waals surface area (Å²) in [7, 11) is 0. The number of hydrogen-bond donors (Lipinski definition) is 1. The molecule has 2 aromatic carbocycles. The van der Waals surface area contributed by atoms with Gasteiger partial charge in [-0.3, -0.25) is 9.59 Å². The molecule has 0 unspecified atom stereocenters. The Balaban J connectivity index is 1.79. The van der Waals surface area contributed by atoms with Gasteiger partial charge >= 0.3 is 0 Å². The molecule has 0 atom stereocenters. The van der Waals surface area contributed by atoms with Gasteiger partial charge in [0.2, 0.25) is 5.91 Å². The molecule has 1 N–H and O–H groups in total. The lowest BCUT2D eigenvalue weighted by atomic mass is 10.2. The Kier molecular flexibility index (Phi) is 4.55. The number of benzene rings is 2. The van der Waals surface area contributed by atoms with Gasteiger partial charge in [0.25, 0.3) is 5.91 Å². The van der Waals surface area contributed by atoms with E-state index < -0.39 is 0 Å². The highest BCUT2D eigenvalue weighted by molar-refractivity contribution is 6.35. The van der Waals surface area contributed by atoms with Gasteiger partial charge in [0, 0.05) is 18.7 Å². The van der Waals surface area contributed by atoms with Crippen LogP contribution in [0.1, 0.15) is 23.2 Å². The van der Waals surface area contributed by atoms with E-state index in [1.807, 2.05) is 0 Å². The van der Waals surface area contributed by atoms with Gasteiger partial charge in [0.1, 0.15) is 0 Å². The largest absolute Gasteiger partial charge is 0.322 e. The lowest BCUT2D eigenvalue weighted by Crippen LogP contribution is -2.24. The fraction of sp³-hybridized carbons (Fsp3) is 0.176. The van der Waals surface area contributed by atoms with Crippen LogP contribution in [0.2, 0.25) is 10.0 Å². The van der Waals surface area contributed by atoms with E-state index in [2.05, 4.69) is 5.32 Å². The third-order valence-electron chi connectivity index (χ3n) is 3.69. The molecule has 23 heavy (non-hydrogen) atoms. The van der Waals surface area contributed by atoms with E-state index in [1.54, 1.807) is 47.4 Å². The fourth-order valence-corrected chi connectivity index (χ4v) is 3.05. The minimum Gasteiger partial charge on any atom is -0.322 e. The topological polar surface area (TPSA) is 49.4 Å². The fourth-order valence-electron chi connectivity index (χ4n) is 2.55. The van der Waals surface area contributed by atoms with E-state index in [4.69, 9.17) is 23.2 Å². The Labute approximate surface area is 144 Å². The number of nitrogens with one attached hydrogen (secondary N) is 1. The number of hydrogen-bond acceptors (Lipinski definition) is 2. The van der Waals surface area contributed by atoms with E-state index in [0.29, 0.717) is 39.9 Å². The Morgan fingerprint density at radius 1 is 1.09 bits per heavy atom. The first-order valence-electron chi connectivity index (χ1n) is 7.22. The molecule has 0 spiro atoms. The van der Waals surface area contributed by atoms with Crippen molar-refractivity contribution in [3.8, 4) is 0 Å². The second-order valence-electron chi connectivity index (χ2n) is 5.25. The number of rotatable bonds is 3. The van der Waals surface area contributed by atoms with E-state index in [0.717, 1.165) is 6.42 Å². The summed E-state index contributed by atoms with van der Waals surface area (Å²) in [5.41, 5.74) is 1.62. The summed E-state index contributed by atoms with van der Waals surface area (Å²) in [6.45, 7) is 0.671. The Hall–Kier alpha value is -2.04. The number of halogens is 2. The molecule has 1 aliphatic heterocycles. The number of carbonyl (C=O) groups is 2. The first-order chi connectivity index (χ1) is 11.1. The molecule has 0 saturated carbocycles. The molecule has 2 aromatic rings. The van der Waals surface area contributed by atoms with Gasteiger partial charge in [0.05, 0.1) is 21.3 Å². The van der Waals surface area contributed by atoms with Crippen molar-refractivity contribution < 1.29 is 9.59 Å². The van der Waals surface area contributed by atoms with Gasteiger partial charge in [-0.25, -0.2) is 0 Å². The second-order valence-corrected chi connectivity index (χ2v) is 6.06. The molecule has 2 amide bonds. The van der Waals surface area contributed by atoms with Gasteiger partial charge in [-0.15, -0.1) is 0 Å². The molecule has 1 aliphatic rings. The van der Waals surface area contributed by atoms with Crippen LogP contribution in [0.4, 0.5) is 11.4 Å². The summed E-state index contributed by atoms with van der Waals surface area (Å²) in [5, 5.41) is 3.57. The predicted octanol–water partition coefficient (Wildman–Crippen LogP) is 4.37. The molecule has 0 aliphatic carbocycles. The molecule has 118 valence electrons. The highest BCUT2D eigenvalue weighted by Gasteiger charge is 2.23. The number of nitrogens with zero attached hydrogens (tertiary/aromatic N) is 1. The Morgan fingerprint density at radius 3 is 2.52 bits per heavy atom. The van der Waals surface area contributed by atoms with Gasteiger partial charge in [-0.1, -0.05) is 35.3 Å². The highest BCUT2D eigenvalue weighted by atomic mass is 35.5. The summed E-state index contributed by atoms with van der Waals surface area (Å²) in [5.74, 6) is -0.239. The average Bonchev–Trinajstić information content (AvgIpc) is 2.94. The maximum atomic E-state index is 12.2. The zero-order chi connectivity index (χ0) is 16.4. The van der Waals surface area contributed by atoms with Crippen molar-refractivity contribution >= 4 is 46.4 Å². The normalized spacial score (nSPS) is 14.2. The van der Waals surface area contributed by atoms with Gasteiger partial charge in [-0.2, -0.15) is 0 Å². The van der Waals surface area contributed by atoms with Crippen LogP contribution in [0.3, 0.4) is 0 Å². The van der Waals surface area contributed by atoms with Crippen molar-refractivity contribution in [2.75, 3.05) is 16.8 Å². The zero-order valence-electron chi connectivity index (χ0n) is 12.2. The lowest BCUT2D eigenvalue weighted by Gasteiger charge is -2.18. The minimum absolute atomic E-state index is 0.0692. The van der Waals surface area contributed by atoms with Crippen LogP contribution in [0.15, 0.2) is 42.5 Å². The molecule has 4 nitrogen and oxygen atoms in total. The van der Waals surface area contributed by atoms with Crippen molar-refractivity contribution in [2.24, 2.45) is 0 Å². The quantitative estimate of drug-likeness (QED) is 0.894. The van der Waals surface area contributed by atoms with Crippen molar-refractivity contribution in [1.82, 2.24) is 0 Å². The maximum Gasteiger partial charge on any atom is 0.257 e. The van der Waals surface area contributed by atoms with Gasteiger partial charge in [-0.05, 0) is 36.8 Å². The standard InChI is InChI=1S/C17H14Cl2N2O2/c18-13-5-2-1-4-12(13)17(23)20-11-7-8-15(14(19)10-11)21-9-3-6-16(21)22/h1-2,4-5,7-8,10H,3,6,9H2,(H,20,23). The summed E-state index contributed by atoms with van der Waals surface area (Å²) in [4.78, 5) is 25.7. The van der Waals surface area contributed by atoms with Crippen LogP contribution >= 0.6 is 23.2 Å². The summed E-state index contributed by atoms with van der Waals surface area (Å²) >= 11 is 12.3. The zero-order valence-corrected chi connectivity index (χ0v) is 13.7. The minimum atomic E-state index is -0.309. The molecule has 1 saturated heterocycles. The highest BCUT2D eigenvalue weighted by Crippen LogP contribution is 2.32. The van der Waals surface area contributed by atoms with Crippen molar-refractivity contribution in [3.63, 3.8) is 0 Å². The van der Waals surface area contributed by atoms with Crippen molar-refractivity contribution in [3.05, 3.63) is 58.1 Å². The molecule has 0 radical (unpaired) electrons. The van der Waals surface area contributed by atoms with Crippen LogP contribution in [0.5, 0.6) is 0 Å². The monoisotopic (exact) mass is 348 g/mol. The number of amides is 2. The third kappa shape index (κ3) is 3.33. The maximum absolute atomic E-state index is 12.2. The van der Waals surface area contributed by atoms with Crippen molar-refractivity contribution in [1.29, 1.82) is 0 Å². The molecule has 0 aromatic heterocycles. The molecular weight excluding hydrogens is 335 g/mol. The van der Waals surface area contributed by atoms with Crippen LogP contribution < -0.4 is 10.2 Å². The Morgan fingerprint density at radius 2 is 1.87 bits per heavy atom. The molecule has 1 heterocycles. The summed E-state index contributed by atoms with van der Waals surface area (Å²) < 4.78 is 0. The number of anilines is 2.